The largest absolute Gasteiger partial charge is 0.506 e. The van der Waals surface area contributed by atoms with Crippen molar-refractivity contribution in [1.29, 1.82) is 0 Å². The van der Waals surface area contributed by atoms with Crippen molar-refractivity contribution in [1.82, 2.24) is 0 Å². The Labute approximate surface area is 130 Å². The summed E-state index contributed by atoms with van der Waals surface area (Å²) in [6.45, 7) is 0. The fraction of sp³-hybridized carbons (Fsp3) is 0. The number of halogens is 4. The molecular weight excluding hydrogens is 404 g/mol. The minimum Gasteiger partial charge on any atom is -0.506 e. The Morgan fingerprint density at radius 1 is 1.20 bits per heavy atom. The fourth-order valence-corrected chi connectivity index (χ4v) is 2.65. The number of aromatic carboxylic acids is 1. The van der Waals surface area contributed by atoms with Gasteiger partial charge in [0.25, 0.3) is 0 Å². The molecule has 104 valence electrons. The summed E-state index contributed by atoms with van der Waals surface area (Å²) < 4.78 is 27.1. The Bertz CT molecular complexity index is 696. The van der Waals surface area contributed by atoms with Crippen molar-refractivity contribution < 1.29 is 23.8 Å². The smallest absolute Gasteiger partial charge is 0.339 e. The van der Waals surface area contributed by atoms with Crippen LogP contribution in [0, 0.1) is 15.2 Å². The molecule has 2 aromatic rings. The van der Waals surface area contributed by atoms with E-state index >= 15 is 0 Å². The lowest BCUT2D eigenvalue weighted by Crippen LogP contribution is -2.00. The molecule has 20 heavy (non-hydrogen) atoms. The van der Waals surface area contributed by atoms with Gasteiger partial charge in [0.05, 0.1) is 8.59 Å². The lowest BCUT2D eigenvalue weighted by Gasteiger charge is -2.10. The molecule has 0 aliphatic rings. The van der Waals surface area contributed by atoms with Crippen molar-refractivity contribution in [3.05, 3.63) is 50.1 Å². The van der Waals surface area contributed by atoms with Gasteiger partial charge in [-0.2, -0.15) is 0 Å². The van der Waals surface area contributed by atoms with Gasteiger partial charge in [-0.1, -0.05) is 11.6 Å². The summed E-state index contributed by atoms with van der Waals surface area (Å²) in [5.41, 5.74) is -0.354. The zero-order valence-electron chi connectivity index (χ0n) is 9.62. The SMILES string of the molecule is O=C(O)c1cc(-c2c(F)cc(F)cc2Cl)cc(I)c1O. The molecule has 0 spiro atoms. The van der Waals surface area contributed by atoms with Gasteiger partial charge in [-0.05, 0) is 46.4 Å². The van der Waals surface area contributed by atoms with E-state index in [9.17, 15) is 18.7 Å². The van der Waals surface area contributed by atoms with E-state index < -0.39 is 23.4 Å². The zero-order valence-corrected chi connectivity index (χ0v) is 12.5. The predicted octanol–water partition coefficient (Wildman–Crippen LogP) is 4.29. The molecule has 3 nitrogen and oxygen atoms in total. The maximum Gasteiger partial charge on any atom is 0.339 e. The summed E-state index contributed by atoms with van der Waals surface area (Å²) in [7, 11) is 0. The van der Waals surface area contributed by atoms with Crippen LogP contribution in [0.4, 0.5) is 8.78 Å². The molecule has 0 saturated carbocycles. The number of carboxylic acids is 1. The average molecular weight is 411 g/mol. The summed E-state index contributed by atoms with van der Waals surface area (Å²) in [5, 5.41) is 18.5. The number of hydrogen-bond donors (Lipinski definition) is 2. The van der Waals surface area contributed by atoms with E-state index in [0.29, 0.717) is 6.07 Å². The van der Waals surface area contributed by atoms with E-state index in [0.717, 1.165) is 12.1 Å². The quantitative estimate of drug-likeness (QED) is 0.726. The van der Waals surface area contributed by atoms with Crippen molar-refractivity contribution in [2.75, 3.05) is 0 Å². The molecule has 0 heterocycles. The van der Waals surface area contributed by atoms with Crippen LogP contribution in [0.25, 0.3) is 11.1 Å². The molecule has 2 aromatic carbocycles. The van der Waals surface area contributed by atoms with Gasteiger partial charge in [-0.15, -0.1) is 0 Å². The Balaban J connectivity index is 2.74. The van der Waals surface area contributed by atoms with Gasteiger partial charge in [0.1, 0.15) is 22.9 Å². The van der Waals surface area contributed by atoms with Crippen molar-refractivity contribution in [3.63, 3.8) is 0 Å². The third-order valence-corrected chi connectivity index (χ3v) is 3.71. The lowest BCUT2D eigenvalue weighted by molar-refractivity contribution is 0.0693. The topological polar surface area (TPSA) is 57.5 Å². The summed E-state index contributed by atoms with van der Waals surface area (Å²) >= 11 is 7.51. The molecular formula is C13H6ClF2IO3. The number of carboxylic acid groups (broad SMARTS) is 1. The van der Waals surface area contributed by atoms with E-state index in [1.807, 2.05) is 0 Å². The Hall–Kier alpha value is -1.41. The Kier molecular flexibility index (Phi) is 4.14. The maximum absolute atomic E-state index is 13.8. The van der Waals surface area contributed by atoms with E-state index in [-0.39, 0.29) is 25.3 Å². The third kappa shape index (κ3) is 2.71. The number of benzene rings is 2. The minimum absolute atomic E-state index is 0.117. The van der Waals surface area contributed by atoms with E-state index in [2.05, 4.69) is 0 Å². The van der Waals surface area contributed by atoms with Crippen LogP contribution >= 0.6 is 34.2 Å². The molecule has 0 aliphatic carbocycles. The van der Waals surface area contributed by atoms with Gasteiger partial charge in [-0.25, -0.2) is 13.6 Å². The van der Waals surface area contributed by atoms with Gasteiger partial charge in [0, 0.05) is 11.6 Å². The Morgan fingerprint density at radius 2 is 1.85 bits per heavy atom. The second kappa shape index (κ2) is 5.53. The van der Waals surface area contributed by atoms with E-state index in [1.54, 1.807) is 22.6 Å². The van der Waals surface area contributed by atoms with Crippen molar-refractivity contribution >= 4 is 40.2 Å². The Morgan fingerprint density at radius 3 is 2.40 bits per heavy atom. The third-order valence-electron chi connectivity index (χ3n) is 2.59. The van der Waals surface area contributed by atoms with Gasteiger partial charge < -0.3 is 10.2 Å². The van der Waals surface area contributed by atoms with Crippen molar-refractivity contribution in [2.24, 2.45) is 0 Å². The average Bonchev–Trinajstić information content (AvgIpc) is 2.31. The molecule has 0 unspecified atom stereocenters. The first-order chi connectivity index (χ1) is 9.31. The number of rotatable bonds is 2. The molecule has 0 amide bonds. The van der Waals surface area contributed by atoms with Crippen LogP contribution < -0.4 is 0 Å². The number of aromatic hydroxyl groups is 1. The number of carbonyl (C=O) groups is 1. The molecule has 2 rings (SSSR count). The molecule has 0 saturated heterocycles. The highest BCUT2D eigenvalue weighted by molar-refractivity contribution is 14.1. The second-order valence-electron chi connectivity index (χ2n) is 3.90. The fourth-order valence-electron chi connectivity index (χ4n) is 1.72. The van der Waals surface area contributed by atoms with Crippen LogP contribution in [0.1, 0.15) is 10.4 Å². The molecule has 0 aromatic heterocycles. The van der Waals surface area contributed by atoms with Gasteiger partial charge >= 0.3 is 5.97 Å². The van der Waals surface area contributed by atoms with Gasteiger partial charge in [0.2, 0.25) is 0 Å². The summed E-state index contributed by atoms with van der Waals surface area (Å²) in [4.78, 5) is 11.0. The summed E-state index contributed by atoms with van der Waals surface area (Å²) in [5.74, 6) is -3.52. The normalized spacial score (nSPS) is 10.6. The number of phenols is 1. The highest BCUT2D eigenvalue weighted by Crippen LogP contribution is 2.36. The van der Waals surface area contributed by atoms with Crippen LogP contribution in [-0.2, 0) is 0 Å². The van der Waals surface area contributed by atoms with E-state index in [1.165, 1.54) is 6.07 Å². The van der Waals surface area contributed by atoms with Crippen LogP contribution in [0.3, 0.4) is 0 Å². The summed E-state index contributed by atoms with van der Waals surface area (Å²) in [6.07, 6.45) is 0. The van der Waals surface area contributed by atoms with Crippen LogP contribution in [-0.4, -0.2) is 16.2 Å². The lowest BCUT2D eigenvalue weighted by atomic mass is 10.0. The van der Waals surface area contributed by atoms with Gasteiger partial charge in [-0.3, -0.25) is 0 Å². The molecule has 0 radical (unpaired) electrons. The second-order valence-corrected chi connectivity index (χ2v) is 5.47. The molecule has 0 atom stereocenters. The maximum atomic E-state index is 13.8. The molecule has 2 N–H and O–H groups in total. The first kappa shape index (κ1) is 15.0. The molecule has 0 aliphatic heterocycles. The molecule has 0 bridgehead atoms. The van der Waals surface area contributed by atoms with Crippen molar-refractivity contribution in [3.8, 4) is 16.9 Å². The monoisotopic (exact) mass is 410 g/mol. The van der Waals surface area contributed by atoms with Crippen molar-refractivity contribution in [2.45, 2.75) is 0 Å². The summed E-state index contributed by atoms with van der Waals surface area (Å²) in [6, 6.07) is 4.04. The van der Waals surface area contributed by atoms with Crippen LogP contribution in [0.2, 0.25) is 5.02 Å². The van der Waals surface area contributed by atoms with E-state index in [4.69, 9.17) is 16.7 Å². The standard InChI is InChI=1S/C13H6ClF2IO3/c14-8-3-6(15)4-9(16)11(8)5-1-7(13(19)20)12(18)10(17)2-5/h1-4,18H,(H,19,20). The minimum atomic E-state index is -1.36. The van der Waals surface area contributed by atoms with Crippen LogP contribution in [0.5, 0.6) is 5.75 Å². The highest BCUT2D eigenvalue weighted by atomic mass is 127. The first-order valence-electron chi connectivity index (χ1n) is 5.22. The molecule has 0 fully saturated rings. The number of hydrogen-bond acceptors (Lipinski definition) is 2. The van der Waals surface area contributed by atoms with Gasteiger partial charge in [0.15, 0.2) is 0 Å². The zero-order chi connectivity index (χ0) is 15.0. The predicted molar refractivity (Wildman–Crippen MR) is 78.1 cm³/mol. The van der Waals surface area contributed by atoms with Crippen LogP contribution in [0.15, 0.2) is 24.3 Å². The highest BCUT2D eigenvalue weighted by Gasteiger charge is 2.19. The molecule has 7 heteroatoms. The first-order valence-corrected chi connectivity index (χ1v) is 6.67.